The minimum atomic E-state index is -2.15. The molecule has 1 aliphatic rings. The molecule has 1 fully saturated rings. The number of nitrogens with two attached hydrogens (primary N) is 1. The van der Waals surface area contributed by atoms with Gasteiger partial charge < -0.3 is 29.8 Å². The van der Waals surface area contributed by atoms with E-state index in [-0.39, 0.29) is 41.9 Å². The number of ether oxygens (including phenoxy) is 4. The number of rotatable bonds is 10. The highest BCUT2D eigenvalue weighted by Gasteiger charge is 2.53. The van der Waals surface area contributed by atoms with E-state index >= 15 is 0 Å². The van der Waals surface area contributed by atoms with E-state index in [1.807, 2.05) is 0 Å². The number of aromatic nitrogens is 4. The third kappa shape index (κ3) is 5.40. The summed E-state index contributed by atoms with van der Waals surface area (Å²) in [5, 5.41) is 9.81. The number of carbonyl (C=O) groups is 2. The fourth-order valence-corrected chi connectivity index (χ4v) is 4.68. The maximum atomic E-state index is 13.2. The molecule has 0 saturated carbocycles. The summed E-state index contributed by atoms with van der Waals surface area (Å²) in [6.07, 6.45) is -2.03. The Morgan fingerprint density at radius 3 is 2.45 bits per heavy atom. The number of nitrogens with zero attached hydrogens (tertiary/aromatic N) is 4. The summed E-state index contributed by atoms with van der Waals surface area (Å²) < 4.78 is 23.9. The van der Waals surface area contributed by atoms with E-state index < -0.39 is 48.0 Å². The van der Waals surface area contributed by atoms with Crippen LogP contribution >= 0.6 is 23.2 Å². The fraction of sp³-hybridized carbons (Fsp3) is 0.458. The van der Waals surface area contributed by atoms with Crippen LogP contribution in [0, 0.1) is 0 Å². The summed E-state index contributed by atoms with van der Waals surface area (Å²) in [5.74, 6) is -1.77. The number of halogens is 2. The van der Waals surface area contributed by atoms with E-state index in [1.165, 1.54) is 10.9 Å². The normalized spacial score (nSPS) is 21.5. The molecule has 1 aromatic carbocycles. The quantitative estimate of drug-likeness (QED) is 0.159. The van der Waals surface area contributed by atoms with Crippen molar-refractivity contribution in [3.63, 3.8) is 0 Å². The zero-order valence-electron chi connectivity index (χ0n) is 20.6. The standard InChI is InChI=1S/C24H27Cl2N5O7/c1-3-35-21(33)24(22(34)36-4-2,10-13-8-6-5-7-9-13)37-11-14-17(32)15(25)20(38-14)31-12-28-16-18(27)29-23(26)30-19(16)31/h5-9,12,14-15,17,20,32H,3-4,10-11H2,1-2H3,(H2,27,29,30)/t14-,15+,17-,20-/m1/s1. The molecule has 1 aliphatic heterocycles. The summed E-state index contributed by atoms with van der Waals surface area (Å²) in [4.78, 5) is 38.5. The van der Waals surface area contributed by atoms with Gasteiger partial charge in [-0.05, 0) is 31.0 Å². The van der Waals surface area contributed by atoms with E-state index in [9.17, 15) is 14.7 Å². The topological polar surface area (TPSA) is 161 Å². The van der Waals surface area contributed by atoms with E-state index in [0.717, 1.165) is 0 Å². The lowest BCUT2D eigenvalue weighted by atomic mass is 9.93. The Hall–Kier alpha value is -3.03. The Kier molecular flexibility index (Phi) is 8.68. The maximum Gasteiger partial charge on any atom is 0.350 e. The molecule has 14 heteroatoms. The zero-order chi connectivity index (χ0) is 27.4. The molecule has 3 heterocycles. The van der Waals surface area contributed by atoms with Crippen LogP contribution < -0.4 is 5.73 Å². The molecule has 0 bridgehead atoms. The Labute approximate surface area is 228 Å². The number of hydrogen-bond acceptors (Lipinski definition) is 11. The van der Waals surface area contributed by atoms with Crippen molar-refractivity contribution in [3.8, 4) is 0 Å². The highest BCUT2D eigenvalue weighted by Crippen LogP contribution is 2.37. The van der Waals surface area contributed by atoms with Crippen LogP contribution in [0.2, 0.25) is 5.28 Å². The van der Waals surface area contributed by atoms with E-state index in [1.54, 1.807) is 44.2 Å². The van der Waals surface area contributed by atoms with Gasteiger partial charge in [0.2, 0.25) is 5.28 Å². The molecule has 4 atom stereocenters. The van der Waals surface area contributed by atoms with Gasteiger partial charge in [-0.2, -0.15) is 9.97 Å². The van der Waals surface area contributed by atoms with Crippen LogP contribution in [0.1, 0.15) is 25.6 Å². The van der Waals surface area contributed by atoms with Crippen molar-refractivity contribution < 1.29 is 33.6 Å². The van der Waals surface area contributed by atoms with Crippen LogP contribution in [-0.2, 0) is 35.0 Å². The molecule has 3 aromatic rings. The first-order chi connectivity index (χ1) is 18.2. The minimum Gasteiger partial charge on any atom is -0.463 e. The van der Waals surface area contributed by atoms with Gasteiger partial charge in [0.1, 0.15) is 23.1 Å². The van der Waals surface area contributed by atoms with Gasteiger partial charge in [-0.1, -0.05) is 30.3 Å². The number of carbonyl (C=O) groups excluding carboxylic acids is 2. The van der Waals surface area contributed by atoms with Gasteiger partial charge in [0.15, 0.2) is 17.7 Å². The van der Waals surface area contributed by atoms with E-state index in [0.29, 0.717) is 5.56 Å². The number of benzene rings is 1. The average molecular weight is 568 g/mol. The maximum absolute atomic E-state index is 13.2. The van der Waals surface area contributed by atoms with Crippen molar-refractivity contribution in [2.75, 3.05) is 25.6 Å². The summed E-state index contributed by atoms with van der Waals surface area (Å²) in [5.41, 5.74) is 4.90. The smallest absolute Gasteiger partial charge is 0.350 e. The van der Waals surface area contributed by atoms with Gasteiger partial charge in [0, 0.05) is 6.42 Å². The molecule has 0 amide bonds. The Morgan fingerprint density at radius 2 is 1.82 bits per heavy atom. The lowest BCUT2D eigenvalue weighted by Crippen LogP contribution is -2.54. The molecule has 1 saturated heterocycles. The Bertz CT molecular complexity index is 1270. The van der Waals surface area contributed by atoms with Crippen LogP contribution in [-0.4, -0.2) is 79.6 Å². The predicted octanol–water partition coefficient (Wildman–Crippen LogP) is 2.05. The fourth-order valence-electron chi connectivity index (χ4n) is 4.16. The van der Waals surface area contributed by atoms with Crippen LogP contribution in [0.3, 0.4) is 0 Å². The Morgan fingerprint density at radius 1 is 1.16 bits per heavy atom. The van der Waals surface area contributed by atoms with Crippen molar-refractivity contribution in [2.45, 2.75) is 49.7 Å². The molecule has 38 heavy (non-hydrogen) atoms. The monoisotopic (exact) mass is 567 g/mol. The number of fused-ring (bicyclic) bond motifs is 1. The number of nitrogen functional groups attached to an aromatic ring is 1. The van der Waals surface area contributed by atoms with Gasteiger partial charge in [0.25, 0.3) is 5.60 Å². The molecule has 0 spiro atoms. The summed E-state index contributed by atoms with van der Waals surface area (Å²) in [6.45, 7) is 2.85. The molecule has 0 aliphatic carbocycles. The van der Waals surface area contributed by atoms with Crippen molar-refractivity contribution in [1.29, 1.82) is 0 Å². The lowest BCUT2D eigenvalue weighted by Gasteiger charge is -2.30. The van der Waals surface area contributed by atoms with E-state index in [2.05, 4.69) is 15.0 Å². The molecule has 2 aromatic heterocycles. The largest absolute Gasteiger partial charge is 0.463 e. The van der Waals surface area contributed by atoms with Crippen molar-refractivity contribution in [3.05, 3.63) is 47.5 Å². The number of hydrogen-bond donors (Lipinski definition) is 2. The van der Waals surface area contributed by atoms with Crippen LogP contribution in [0.15, 0.2) is 36.7 Å². The van der Waals surface area contributed by atoms with Gasteiger partial charge >= 0.3 is 11.9 Å². The van der Waals surface area contributed by atoms with E-state index in [4.69, 9.17) is 47.9 Å². The summed E-state index contributed by atoms with van der Waals surface area (Å²) in [6, 6.07) is 8.81. The first-order valence-corrected chi connectivity index (χ1v) is 12.7. The number of esters is 2. The first kappa shape index (κ1) is 28.0. The number of anilines is 1. The zero-order valence-corrected chi connectivity index (χ0v) is 22.1. The molecular weight excluding hydrogens is 541 g/mol. The third-order valence-corrected chi connectivity index (χ3v) is 6.63. The van der Waals surface area contributed by atoms with Crippen LogP contribution in [0.25, 0.3) is 11.2 Å². The predicted molar refractivity (Wildman–Crippen MR) is 136 cm³/mol. The number of imidazole rings is 1. The number of aliphatic hydroxyl groups is 1. The number of alkyl halides is 1. The third-order valence-electron chi connectivity index (χ3n) is 5.99. The molecule has 204 valence electrons. The molecule has 0 radical (unpaired) electrons. The van der Waals surface area contributed by atoms with Crippen molar-refractivity contribution >= 4 is 52.1 Å². The lowest BCUT2D eigenvalue weighted by molar-refractivity contribution is -0.197. The van der Waals surface area contributed by atoms with Gasteiger partial charge in [-0.25, -0.2) is 14.6 Å². The molecular formula is C24H27Cl2N5O7. The van der Waals surface area contributed by atoms with Crippen molar-refractivity contribution in [1.82, 2.24) is 19.5 Å². The van der Waals surface area contributed by atoms with Crippen LogP contribution in [0.5, 0.6) is 0 Å². The second kappa shape index (κ2) is 11.8. The minimum absolute atomic E-state index is 0.00771. The SMILES string of the molecule is CCOC(=O)C(Cc1ccccc1)(OC[C@H]1O[C@@H](n2cnc3c(N)nc(Cl)nc32)[C@@H](Cl)[C@@H]1O)C(=O)OCC. The molecule has 0 unspecified atom stereocenters. The second-order valence-electron chi connectivity index (χ2n) is 8.44. The van der Waals surface area contributed by atoms with Gasteiger partial charge in [-0.3, -0.25) is 4.57 Å². The second-order valence-corrected chi connectivity index (χ2v) is 9.29. The van der Waals surface area contributed by atoms with Crippen LogP contribution in [0.4, 0.5) is 5.82 Å². The molecule has 3 N–H and O–H groups in total. The summed E-state index contributed by atoms with van der Waals surface area (Å²) >= 11 is 12.5. The Balaban J connectivity index is 1.62. The highest BCUT2D eigenvalue weighted by molar-refractivity contribution is 6.28. The first-order valence-electron chi connectivity index (χ1n) is 11.9. The summed E-state index contributed by atoms with van der Waals surface area (Å²) in [7, 11) is 0. The molecule has 4 rings (SSSR count). The van der Waals surface area contributed by atoms with Gasteiger partial charge in [0.05, 0.1) is 26.1 Å². The van der Waals surface area contributed by atoms with Gasteiger partial charge in [-0.15, -0.1) is 11.6 Å². The molecule has 12 nitrogen and oxygen atoms in total. The number of aliphatic hydroxyl groups excluding tert-OH is 1. The average Bonchev–Trinajstić information content (AvgIpc) is 3.43. The highest BCUT2D eigenvalue weighted by atomic mass is 35.5. The van der Waals surface area contributed by atoms with Crippen molar-refractivity contribution in [2.24, 2.45) is 0 Å².